The third-order valence-corrected chi connectivity index (χ3v) is 2.19. The van der Waals surface area contributed by atoms with Crippen molar-refractivity contribution >= 4 is 0 Å². The molecule has 66 valence electrons. The van der Waals surface area contributed by atoms with Gasteiger partial charge in [0.2, 0.25) is 0 Å². The Morgan fingerprint density at radius 1 is 1.45 bits per heavy atom. The van der Waals surface area contributed by atoms with Gasteiger partial charge in [0.05, 0.1) is 18.8 Å². The Kier molecular flexibility index (Phi) is 2.84. The van der Waals surface area contributed by atoms with E-state index >= 15 is 0 Å². The van der Waals surface area contributed by atoms with E-state index in [1.165, 1.54) is 0 Å². The average molecular weight is 161 g/mol. The summed E-state index contributed by atoms with van der Waals surface area (Å²) in [4.78, 5) is 0. The van der Waals surface area contributed by atoms with Crippen LogP contribution in [-0.4, -0.2) is 41.7 Å². The second-order valence-electron chi connectivity index (χ2n) is 3.02. The van der Waals surface area contributed by atoms with Crippen LogP contribution >= 0.6 is 0 Å². The molecular weight excluding hydrogens is 146 g/mol. The molecule has 4 atom stereocenters. The maximum absolute atomic E-state index is 9.40. The van der Waals surface area contributed by atoms with E-state index in [0.717, 1.165) is 0 Å². The molecule has 0 aromatic rings. The lowest BCUT2D eigenvalue weighted by molar-refractivity contribution is -0.155. The summed E-state index contributed by atoms with van der Waals surface area (Å²) in [6, 6.07) is 0. The highest BCUT2D eigenvalue weighted by Crippen LogP contribution is 2.18. The summed E-state index contributed by atoms with van der Waals surface area (Å²) in [6.07, 6.45) is -1.81. The molecule has 1 fully saturated rings. The van der Waals surface area contributed by atoms with E-state index in [4.69, 9.17) is 10.5 Å². The highest BCUT2D eigenvalue weighted by Gasteiger charge is 2.34. The first-order valence-corrected chi connectivity index (χ1v) is 3.84. The minimum absolute atomic E-state index is 0.124. The lowest BCUT2D eigenvalue weighted by atomic mass is 9.93. The molecule has 0 radical (unpaired) electrons. The van der Waals surface area contributed by atoms with Crippen LogP contribution in [0.25, 0.3) is 0 Å². The minimum Gasteiger partial charge on any atom is -0.390 e. The molecule has 0 aromatic heterocycles. The van der Waals surface area contributed by atoms with Crippen LogP contribution in [0.3, 0.4) is 0 Å². The third kappa shape index (κ3) is 1.70. The minimum atomic E-state index is -0.794. The molecule has 0 spiro atoms. The molecule has 0 bridgehead atoms. The van der Waals surface area contributed by atoms with Gasteiger partial charge in [-0.25, -0.2) is 0 Å². The van der Waals surface area contributed by atoms with Crippen LogP contribution in [0.1, 0.15) is 6.92 Å². The molecule has 4 nitrogen and oxygen atoms in total. The van der Waals surface area contributed by atoms with E-state index in [1.54, 1.807) is 6.92 Å². The standard InChI is InChI=1S/C7H15NO3/c1-4-6(9)7(10)5(2-8)3-11-4/h4-7,9-10H,2-3,8H2,1H3/t4-,5+,6+,7+/m0/s1. The second kappa shape index (κ2) is 3.49. The first-order valence-electron chi connectivity index (χ1n) is 3.84. The number of ether oxygens (including phenoxy) is 1. The monoisotopic (exact) mass is 161 g/mol. The van der Waals surface area contributed by atoms with E-state index in [2.05, 4.69) is 0 Å². The third-order valence-electron chi connectivity index (χ3n) is 2.19. The summed E-state index contributed by atoms with van der Waals surface area (Å²) < 4.78 is 5.17. The number of nitrogens with two attached hydrogens (primary N) is 1. The molecule has 0 unspecified atom stereocenters. The van der Waals surface area contributed by atoms with E-state index < -0.39 is 12.2 Å². The summed E-state index contributed by atoms with van der Waals surface area (Å²) in [5, 5.41) is 18.7. The van der Waals surface area contributed by atoms with Crippen LogP contribution in [0, 0.1) is 5.92 Å². The summed E-state index contributed by atoms with van der Waals surface area (Å²) in [7, 11) is 0. The Labute approximate surface area is 66.0 Å². The largest absolute Gasteiger partial charge is 0.390 e. The summed E-state index contributed by atoms with van der Waals surface area (Å²) in [5.74, 6) is -0.124. The van der Waals surface area contributed by atoms with Gasteiger partial charge in [-0.1, -0.05) is 0 Å². The fourth-order valence-electron chi connectivity index (χ4n) is 1.24. The summed E-state index contributed by atoms with van der Waals surface area (Å²) in [5.41, 5.74) is 5.35. The van der Waals surface area contributed by atoms with Crippen LogP contribution < -0.4 is 5.73 Å². The second-order valence-corrected chi connectivity index (χ2v) is 3.02. The van der Waals surface area contributed by atoms with Gasteiger partial charge in [-0.15, -0.1) is 0 Å². The SMILES string of the molecule is C[C@@H]1OC[C@@H](CN)[C@@H](O)[C@@H]1O. The van der Waals surface area contributed by atoms with E-state index in [0.29, 0.717) is 13.2 Å². The molecule has 1 rings (SSSR count). The van der Waals surface area contributed by atoms with Crippen molar-refractivity contribution in [1.29, 1.82) is 0 Å². The van der Waals surface area contributed by atoms with Gasteiger partial charge in [0.25, 0.3) is 0 Å². The van der Waals surface area contributed by atoms with Crippen LogP contribution in [0.4, 0.5) is 0 Å². The molecule has 0 amide bonds. The molecule has 1 aliphatic heterocycles. The molecular formula is C7H15NO3. The highest BCUT2D eigenvalue weighted by molar-refractivity contribution is 4.84. The van der Waals surface area contributed by atoms with Crippen molar-refractivity contribution in [3.63, 3.8) is 0 Å². The van der Waals surface area contributed by atoms with Crippen LogP contribution in [-0.2, 0) is 4.74 Å². The summed E-state index contributed by atoms with van der Waals surface area (Å²) in [6.45, 7) is 2.53. The van der Waals surface area contributed by atoms with Gasteiger partial charge in [0.1, 0.15) is 6.10 Å². The molecule has 1 saturated heterocycles. The van der Waals surface area contributed by atoms with Gasteiger partial charge >= 0.3 is 0 Å². The van der Waals surface area contributed by atoms with Crippen molar-refractivity contribution < 1.29 is 14.9 Å². The van der Waals surface area contributed by atoms with Crippen LogP contribution in [0.15, 0.2) is 0 Å². The smallest absolute Gasteiger partial charge is 0.106 e. The molecule has 4 N–H and O–H groups in total. The Morgan fingerprint density at radius 3 is 2.64 bits per heavy atom. The maximum atomic E-state index is 9.40. The first-order chi connectivity index (χ1) is 5.16. The predicted octanol–water partition coefficient (Wildman–Crippen LogP) is -1.30. The lowest BCUT2D eigenvalue weighted by Crippen LogP contribution is -2.50. The quantitative estimate of drug-likeness (QED) is 0.447. The van der Waals surface area contributed by atoms with Crippen molar-refractivity contribution in [3.05, 3.63) is 0 Å². The van der Waals surface area contributed by atoms with E-state index in [-0.39, 0.29) is 12.0 Å². The molecule has 11 heavy (non-hydrogen) atoms. The molecule has 4 heteroatoms. The van der Waals surface area contributed by atoms with E-state index in [9.17, 15) is 10.2 Å². The Hall–Kier alpha value is -0.160. The number of rotatable bonds is 1. The first kappa shape index (κ1) is 8.93. The Balaban J connectivity index is 2.52. The zero-order valence-electron chi connectivity index (χ0n) is 6.60. The molecule has 0 aliphatic carbocycles. The fraction of sp³-hybridized carbons (Fsp3) is 1.00. The zero-order chi connectivity index (χ0) is 8.43. The fourth-order valence-corrected chi connectivity index (χ4v) is 1.24. The zero-order valence-corrected chi connectivity index (χ0v) is 6.60. The number of aliphatic hydroxyl groups is 2. The van der Waals surface area contributed by atoms with Gasteiger partial charge in [-0.05, 0) is 13.5 Å². The maximum Gasteiger partial charge on any atom is 0.106 e. The number of hydrogen-bond acceptors (Lipinski definition) is 4. The predicted molar refractivity (Wildman–Crippen MR) is 40.0 cm³/mol. The summed E-state index contributed by atoms with van der Waals surface area (Å²) >= 11 is 0. The van der Waals surface area contributed by atoms with Crippen molar-refractivity contribution in [2.24, 2.45) is 11.7 Å². The normalized spacial score (nSPS) is 45.8. The molecule has 0 aromatic carbocycles. The number of aliphatic hydroxyl groups excluding tert-OH is 2. The van der Waals surface area contributed by atoms with Gasteiger partial charge in [-0.3, -0.25) is 0 Å². The highest BCUT2D eigenvalue weighted by atomic mass is 16.5. The van der Waals surface area contributed by atoms with E-state index in [1.807, 2.05) is 0 Å². The Bertz CT molecular complexity index is 129. The molecule has 0 saturated carbocycles. The van der Waals surface area contributed by atoms with Crippen LogP contribution in [0.2, 0.25) is 0 Å². The molecule has 1 aliphatic rings. The molecule has 1 heterocycles. The van der Waals surface area contributed by atoms with Gasteiger partial charge in [0, 0.05) is 5.92 Å². The van der Waals surface area contributed by atoms with Crippen molar-refractivity contribution in [2.75, 3.05) is 13.2 Å². The lowest BCUT2D eigenvalue weighted by Gasteiger charge is -2.35. The number of hydrogen-bond donors (Lipinski definition) is 3. The van der Waals surface area contributed by atoms with Crippen molar-refractivity contribution in [1.82, 2.24) is 0 Å². The van der Waals surface area contributed by atoms with Gasteiger partial charge in [0.15, 0.2) is 0 Å². The van der Waals surface area contributed by atoms with Gasteiger partial charge < -0.3 is 20.7 Å². The Morgan fingerprint density at radius 2 is 2.09 bits per heavy atom. The van der Waals surface area contributed by atoms with Crippen molar-refractivity contribution in [2.45, 2.75) is 25.2 Å². The average Bonchev–Trinajstić information content (AvgIpc) is 2.01. The van der Waals surface area contributed by atoms with Crippen LogP contribution in [0.5, 0.6) is 0 Å². The topological polar surface area (TPSA) is 75.7 Å². The van der Waals surface area contributed by atoms with Crippen molar-refractivity contribution in [3.8, 4) is 0 Å². The van der Waals surface area contributed by atoms with Gasteiger partial charge in [-0.2, -0.15) is 0 Å².